The van der Waals surface area contributed by atoms with E-state index in [9.17, 15) is 24.1 Å². The number of nitrogens with zero attached hydrogens (tertiary/aromatic N) is 3. The van der Waals surface area contributed by atoms with Gasteiger partial charge in [0.1, 0.15) is 17.6 Å². The number of amides is 1. The highest BCUT2D eigenvalue weighted by molar-refractivity contribution is 7.18. The van der Waals surface area contributed by atoms with E-state index in [0.717, 1.165) is 6.20 Å². The molecule has 2 heterocycles. The van der Waals surface area contributed by atoms with Crippen molar-refractivity contribution < 1.29 is 14.1 Å². The van der Waals surface area contributed by atoms with Crippen molar-refractivity contribution in [1.82, 2.24) is 9.55 Å². The molecule has 3 aromatic rings. The third kappa shape index (κ3) is 3.81. The van der Waals surface area contributed by atoms with Gasteiger partial charge in [-0.1, -0.05) is 12.1 Å². The van der Waals surface area contributed by atoms with E-state index in [0.29, 0.717) is 16.9 Å². The number of hydrogen-bond acceptors (Lipinski definition) is 6. The molecular weight excluding hydrogens is 363 g/mol. The Morgan fingerprint density at radius 2 is 2.04 bits per heavy atom. The van der Waals surface area contributed by atoms with Gasteiger partial charge in [0.25, 0.3) is 11.5 Å². The first-order valence-electron chi connectivity index (χ1n) is 7.29. The van der Waals surface area contributed by atoms with Crippen LogP contribution in [0.1, 0.15) is 15.9 Å². The van der Waals surface area contributed by atoms with E-state index in [1.54, 1.807) is 12.1 Å². The number of anilines is 1. The second-order valence-corrected chi connectivity index (χ2v) is 6.21. The standard InChI is InChI=1S/C16H11FN4O4S/c17-11-5-3-10(4-6-11)9-20-7-1-2-12(15(20)23)14(22)19-16-18-8-13(26-16)21(24)25/h1-8H,9H2,(H,18,19,22). The van der Waals surface area contributed by atoms with Crippen LogP contribution >= 0.6 is 11.3 Å². The number of carbonyl (C=O) groups excluding carboxylic acids is 1. The van der Waals surface area contributed by atoms with Crippen LogP contribution in [0.3, 0.4) is 0 Å². The first kappa shape index (κ1) is 17.4. The molecule has 0 radical (unpaired) electrons. The molecule has 0 aliphatic rings. The fourth-order valence-corrected chi connectivity index (χ4v) is 2.82. The fraction of sp³-hybridized carbons (Fsp3) is 0.0625. The zero-order valence-electron chi connectivity index (χ0n) is 13.1. The van der Waals surface area contributed by atoms with Crippen LogP contribution in [0.15, 0.2) is 53.6 Å². The van der Waals surface area contributed by atoms with Crippen LogP contribution in [0.4, 0.5) is 14.5 Å². The highest BCUT2D eigenvalue weighted by Gasteiger charge is 2.17. The zero-order valence-corrected chi connectivity index (χ0v) is 13.9. The molecule has 132 valence electrons. The molecule has 0 atom stereocenters. The fourth-order valence-electron chi connectivity index (χ4n) is 2.19. The van der Waals surface area contributed by atoms with Gasteiger partial charge < -0.3 is 4.57 Å². The number of halogens is 1. The van der Waals surface area contributed by atoms with Gasteiger partial charge in [-0.05, 0) is 41.2 Å². The summed E-state index contributed by atoms with van der Waals surface area (Å²) in [6, 6.07) is 8.54. The molecule has 3 rings (SSSR count). The third-order valence-corrected chi connectivity index (χ3v) is 4.29. The lowest BCUT2D eigenvalue weighted by molar-refractivity contribution is -0.380. The maximum absolute atomic E-state index is 13.0. The Bertz CT molecular complexity index is 1030. The Morgan fingerprint density at radius 1 is 1.31 bits per heavy atom. The molecule has 0 unspecified atom stereocenters. The largest absolute Gasteiger partial charge is 0.345 e. The van der Waals surface area contributed by atoms with Crippen molar-refractivity contribution in [3.05, 3.63) is 86.2 Å². The Kier molecular flexibility index (Phi) is 4.85. The molecule has 1 N–H and O–H groups in total. The van der Waals surface area contributed by atoms with E-state index in [2.05, 4.69) is 10.3 Å². The Balaban J connectivity index is 1.81. The Morgan fingerprint density at radius 3 is 2.69 bits per heavy atom. The molecule has 10 heteroatoms. The van der Waals surface area contributed by atoms with Gasteiger partial charge in [0.2, 0.25) is 0 Å². The molecule has 0 saturated carbocycles. The molecule has 2 aromatic heterocycles. The molecule has 0 aliphatic heterocycles. The summed E-state index contributed by atoms with van der Waals surface area (Å²) in [6.45, 7) is 0.170. The van der Waals surface area contributed by atoms with Crippen molar-refractivity contribution in [2.75, 3.05) is 5.32 Å². The van der Waals surface area contributed by atoms with Crippen molar-refractivity contribution in [1.29, 1.82) is 0 Å². The lowest BCUT2D eigenvalue weighted by atomic mass is 10.2. The van der Waals surface area contributed by atoms with Gasteiger partial charge in [0.05, 0.1) is 11.5 Å². The number of pyridine rings is 1. The first-order valence-corrected chi connectivity index (χ1v) is 8.11. The third-order valence-electron chi connectivity index (χ3n) is 3.42. The van der Waals surface area contributed by atoms with Crippen LogP contribution in [0, 0.1) is 15.9 Å². The summed E-state index contributed by atoms with van der Waals surface area (Å²) < 4.78 is 14.3. The summed E-state index contributed by atoms with van der Waals surface area (Å²) in [4.78, 5) is 38.5. The van der Waals surface area contributed by atoms with Gasteiger partial charge in [-0.2, -0.15) is 0 Å². The lowest BCUT2D eigenvalue weighted by Gasteiger charge is -2.08. The molecule has 1 amide bonds. The van der Waals surface area contributed by atoms with E-state index < -0.39 is 16.4 Å². The molecule has 26 heavy (non-hydrogen) atoms. The van der Waals surface area contributed by atoms with Gasteiger partial charge in [-0.3, -0.25) is 25.0 Å². The predicted octanol–water partition coefficient (Wildman–Crippen LogP) is 2.65. The summed E-state index contributed by atoms with van der Waals surface area (Å²) in [7, 11) is 0. The Hall–Kier alpha value is -3.40. The summed E-state index contributed by atoms with van der Waals surface area (Å²) in [5, 5.41) is 12.8. The van der Waals surface area contributed by atoms with Crippen LogP contribution in [-0.2, 0) is 6.54 Å². The highest BCUT2D eigenvalue weighted by Crippen LogP contribution is 2.25. The number of rotatable bonds is 5. The van der Waals surface area contributed by atoms with E-state index in [1.165, 1.54) is 35.0 Å². The normalized spacial score (nSPS) is 10.5. The monoisotopic (exact) mass is 374 g/mol. The van der Waals surface area contributed by atoms with Gasteiger partial charge in [-0.15, -0.1) is 0 Å². The number of hydrogen-bond donors (Lipinski definition) is 1. The number of nitrogens with one attached hydrogen (secondary N) is 1. The SMILES string of the molecule is O=C(Nc1ncc([N+](=O)[O-])s1)c1cccn(Cc2ccc(F)cc2)c1=O. The van der Waals surface area contributed by atoms with Crippen LogP contribution in [0.25, 0.3) is 0 Å². The summed E-state index contributed by atoms with van der Waals surface area (Å²) in [5.74, 6) is -1.10. The van der Waals surface area contributed by atoms with E-state index >= 15 is 0 Å². The van der Waals surface area contributed by atoms with Crippen LogP contribution in [0.2, 0.25) is 0 Å². The molecule has 0 bridgehead atoms. The van der Waals surface area contributed by atoms with Crippen molar-refractivity contribution in [2.24, 2.45) is 0 Å². The van der Waals surface area contributed by atoms with Crippen molar-refractivity contribution in [3.63, 3.8) is 0 Å². The number of nitro groups is 1. The van der Waals surface area contributed by atoms with Gasteiger partial charge in [0.15, 0.2) is 5.13 Å². The van der Waals surface area contributed by atoms with Gasteiger partial charge >= 0.3 is 5.00 Å². The maximum atomic E-state index is 13.0. The second kappa shape index (κ2) is 7.23. The van der Waals surface area contributed by atoms with Crippen molar-refractivity contribution in [2.45, 2.75) is 6.54 Å². The molecule has 0 fully saturated rings. The quantitative estimate of drug-likeness (QED) is 0.546. The van der Waals surface area contributed by atoms with Crippen LogP contribution in [0.5, 0.6) is 0 Å². The highest BCUT2D eigenvalue weighted by atomic mass is 32.1. The van der Waals surface area contributed by atoms with Crippen LogP contribution < -0.4 is 10.9 Å². The molecule has 0 spiro atoms. The zero-order chi connectivity index (χ0) is 18.7. The average Bonchev–Trinajstić information content (AvgIpc) is 3.07. The Labute approximate surface area is 149 Å². The smallest absolute Gasteiger partial charge is 0.310 e. The molecule has 8 nitrogen and oxygen atoms in total. The first-order chi connectivity index (χ1) is 12.4. The van der Waals surface area contributed by atoms with Gasteiger partial charge in [-0.25, -0.2) is 9.37 Å². The van der Waals surface area contributed by atoms with E-state index in [4.69, 9.17) is 0 Å². The van der Waals surface area contributed by atoms with Gasteiger partial charge in [0, 0.05) is 6.20 Å². The molecular formula is C16H11FN4O4S. The molecule has 1 aromatic carbocycles. The summed E-state index contributed by atoms with van der Waals surface area (Å²) in [5.41, 5.74) is 0.0226. The van der Waals surface area contributed by atoms with E-state index in [-0.39, 0.29) is 28.1 Å². The maximum Gasteiger partial charge on any atom is 0.345 e. The van der Waals surface area contributed by atoms with E-state index in [1.807, 2.05) is 0 Å². The van der Waals surface area contributed by atoms with Crippen LogP contribution in [-0.4, -0.2) is 20.4 Å². The number of carbonyl (C=O) groups is 1. The summed E-state index contributed by atoms with van der Waals surface area (Å²) in [6.07, 6.45) is 2.54. The van der Waals surface area contributed by atoms with Crippen molar-refractivity contribution >= 4 is 27.4 Å². The molecule has 0 saturated heterocycles. The average molecular weight is 374 g/mol. The molecule has 0 aliphatic carbocycles. The van der Waals surface area contributed by atoms with Crippen molar-refractivity contribution in [3.8, 4) is 0 Å². The number of aromatic nitrogens is 2. The second-order valence-electron chi connectivity index (χ2n) is 5.20. The predicted molar refractivity (Wildman–Crippen MR) is 92.9 cm³/mol. The topological polar surface area (TPSA) is 107 Å². The minimum atomic E-state index is -0.715. The number of thiazole rings is 1. The minimum Gasteiger partial charge on any atom is -0.310 e. The summed E-state index contributed by atoms with van der Waals surface area (Å²) >= 11 is 0.692. The number of benzene rings is 1. The minimum absolute atomic E-state index is 0.0232. The lowest BCUT2D eigenvalue weighted by Crippen LogP contribution is -2.29.